The van der Waals surface area contributed by atoms with E-state index in [9.17, 15) is 0 Å². The molecule has 2 fully saturated rings. The first-order valence-electron chi connectivity index (χ1n) is 8.12. The van der Waals surface area contributed by atoms with Crippen molar-refractivity contribution < 1.29 is 0 Å². The number of likely N-dealkylation sites (tertiary alicyclic amines) is 2. The van der Waals surface area contributed by atoms with Crippen LogP contribution in [0, 0.1) is 23.2 Å². The fourth-order valence-electron chi connectivity index (χ4n) is 3.86. The topological polar surface area (TPSA) is 30.3 Å². The zero-order chi connectivity index (χ0) is 15.0. The molecule has 0 aromatic rings. The maximum atomic E-state index is 9.07. The molecule has 2 heterocycles. The molecule has 3 heteroatoms. The molecule has 20 heavy (non-hydrogen) atoms. The summed E-state index contributed by atoms with van der Waals surface area (Å²) in [6.45, 7) is 16.2. The highest BCUT2D eigenvalue weighted by Crippen LogP contribution is 2.34. The van der Waals surface area contributed by atoms with Crippen LogP contribution in [0.4, 0.5) is 0 Å². The van der Waals surface area contributed by atoms with Crippen molar-refractivity contribution in [2.75, 3.05) is 26.2 Å². The van der Waals surface area contributed by atoms with Gasteiger partial charge in [0.05, 0.1) is 12.0 Å². The summed E-state index contributed by atoms with van der Waals surface area (Å²) < 4.78 is 0. The maximum Gasteiger partial charge on any atom is 0.0669 e. The molecule has 0 bridgehead atoms. The normalized spacial score (nSPS) is 29.8. The molecule has 0 radical (unpaired) electrons. The summed E-state index contributed by atoms with van der Waals surface area (Å²) in [5, 5.41) is 9.07. The highest BCUT2D eigenvalue weighted by molar-refractivity contribution is 4.97. The molecule has 0 amide bonds. The van der Waals surface area contributed by atoms with Crippen molar-refractivity contribution in [3.8, 4) is 6.07 Å². The van der Waals surface area contributed by atoms with Gasteiger partial charge in [0.25, 0.3) is 0 Å². The molecule has 2 aliphatic heterocycles. The van der Waals surface area contributed by atoms with Gasteiger partial charge in [-0.1, -0.05) is 0 Å². The predicted molar refractivity (Wildman–Crippen MR) is 83.4 cm³/mol. The van der Waals surface area contributed by atoms with Crippen LogP contribution in [0.5, 0.6) is 0 Å². The van der Waals surface area contributed by atoms with E-state index in [-0.39, 0.29) is 11.5 Å². The van der Waals surface area contributed by atoms with E-state index in [1.165, 1.54) is 25.9 Å². The highest BCUT2D eigenvalue weighted by Gasteiger charge is 2.38. The van der Waals surface area contributed by atoms with E-state index in [1.807, 2.05) is 0 Å². The van der Waals surface area contributed by atoms with Crippen molar-refractivity contribution in [2.45, 2.75) is 65.0 Å². The molecule has 0 N–H and O–H groups in total. The van der Waals surface area contributed by atoms with E-state index < -0.39 is 0 Å². The van der Waals surface area contributed by atoms with Crippen LogP contribution in [0.2, 0.25) is 0 Å². The van der Waals surface area contributed by atoms with Crippen LogP contribution in [0.3, 0.4) is 0 Å². The number of nitriles is 1. The molecular formula is C17H31N3. The van der Waals surface area contributed by atoms with Gasteiger partial charge >= 0.3 is 0 Å². The summed E-state index contributed by atoms with van der Waals surface area (Å²) in [5.41, 5.74) is 0.544. The Hall–Kier alpha value is -0.590. The van der Waals surface area contributed by atoms with E-state index in [4.69, 9.17) is 5.26 Å². The lowest BCUT2D eigenvalue weighted by molar-refractivity contribution is 0.112. The number of hydrogen-bond acceptors (Lipinski definition) is 3. The molecular weight excluding hydrogens is 246 g/mol. The quantitative estimate of drug-likeness (QED) is 0.794. The third kappa shape index (κ3) is 3.54. The minimum Gasteiger partial charge on any atom is -0.298 e. The van der Waals surface area contributed by atoms with Gasteiger partial charge in [0, 0.05) is 30.7 Å². The Labute approximate surface area is 124 Å². The van der Waals surface area contributed by atoms with Crippen LogP contribution < -0.4 is 0 Å². The molecule has 3 nitrogen and oxygen atoms in total. The molecule has 2 unspecified atom stereocenters. The average molecular weight is 277 g/mol. The van der Waals surface area contributed by atoms with E-state index in [0.717, 1.165) is 25.4 Å². The van der Waals surface area contributed by atoms with Gasteiger partial charge in [-0.3, -0.25) is 9.80 Å². The molecule has 0 aromatic carbocycles. The molecule has 0 aromatic heterocycles. The van der Waals surface area contributed by atoms with E-state index in [1.54, 1.807) is 0 Å². The molecule has 0 spiro atoms. The summed E-state index contributed by atoms with van der Waals surface area (Å²) in [7, 11) is 0. The SMILES string of the molecule is CC(C)(C)N1CCC(CC(C)(C)N2CCC(C#N)C2)C1. The standard InChI is InChI=1S/C17H31N3/c1-16(2,3)19-8-6-14(12-19)10-17(4,5)20-9-7-15(11-18)13-20/h14-15H,6-10,12-13H2,1-5H3. The van der Waals surface area contributed by atoms with Gasteiger partial charge in [0.15, 0.2) is 0 Å². The maximum absolute atomic E-state index is 9.07. The Morgan fingerprint density at radius 3 is 2.15 bits per heavy atom. The summed E-state index contributed by atoms with van der Waals surface area (Å²) in [5.74, 6) is 1.06. The van der Waals surface area contributed by atoms with Crippen LogP contribution in [0.25, 0.3) is 0 Å². The zero-order valence-electron chi connectivity index (χ0n) is 13.9. The molecule has 2 aliphatic rings. The first kappa shape index (κ1) is 15.8. The van der Waals surface area contributed by atoms with E-state index >= 15 is 0 Å². The molecule has 2 rings (SSSR count). The monoisotopic (exact) mass is 277 g/mol. The second kappa shape index (κ2) is 5.66. The van der Waals surface area contributed by atoms with Gasteiger partial charge in [0.1, 0.15) is 0 Å². The number of nitrogens with zero attached hydrogens (tertiary/aromatic N) is 3. The predicted octanol–water partition coefficient (Wildman–Crippen LogP) is 3.12. The Morgan fingerprint density at radius 2 is 1.65 bits per heavy atom. The van der Waals surface area contributed by atoms with Crippen molar-refractivity contribution in [3.63, 3.8) is 0 Å². The highest BCUT2D eigenvalue weighted by atomic mass is 15.2. The van der Waals surface area contributed by atoms with Crippen molar-refractivity contribution in [2.24, 2.45) is 11.8 Å². The van der Waals surface area contributed by atoms with E-state index in [2.05, 4.69) is 50.5 Å². The van der Waals surface area contributed by atoms with Crippen molar-refractivity contribution in [1.29, 1.82) is 5.26 Å². The first-order valence-corrected chi connectivity index (χ1v) is 8.12. The third-order valence-corrected chi connectivity index (χ3v) is 5.25. The average Bonchev–Trinajstić information content (AvgIpc) is 2.95. The van der Waals surface area contributed by atoms with Crippen molar-refractivity contribution >= 4 is 0 Å². The molecule has 0 aliphatic carbocycles. The second-order valence-corrected chi connectivity index (χ2v) is 8.35. The van der Waals surface area contributed by atoms with Gasteiger partial charge in [-0.15, -0.1) is 0 Å². The summed E-state index contributed by atoms with van der Waals surface area (Å²) in [6.07, 6.45) is 3.65. The Morgan fingerprint density at radius 1 is 1.00 bits per heavy atom. The Bertz CT molecular complexity index is 375. The third-order valence-electron chi connectivity index (χ3n) is 5.25. The minimum atomic E-state index is 0.240. The lowest BCUT2D eigenvalue weighted by Crippen LogP contribution is -2.45. The zero-order valence-corrected chi connectivity index (χ0v) is 13.9. The largest absolute Gasteiger partial charge is 0.298 e. The number of rotatable bonds is 3. The molecule has 0 saturated carbocycles. The van der Waals surface area contributed by atoms with Crippen LogP contribution >= 0.6 is 0 Å². The molecule has 2 atom stereocenters. The number of hydrogen-bond donors (Lipinski definition) is 0. The van der Waals surface area contributed by atoms with Gasteiger partial charge < -0.3 is 0 Å². The smallest absolute Gasteiger partial charge is 0.0669 e. The van der Waals surface area contributed by atoms with E-state index in [0.29, 0.717) is 5.54 Å². The fourth-order valence-corrected chi connectivity index (χ4v) is 3.86. The minimum absolute atomic E-state index is 0.240. The first-order chi connectivity index (χ1) is 9.22. The summed E-state index contributed by atoms with van der Waals surface area (Å²) in [6, 6.07) is 2.44. The van der Waals surface area contributed by atoms with Crippen molar-refractivity contribution in [1.82, 2.24) is 9.80 Å². The summed E-state index contributed by atoms with van der Waals surface area (Å²) in [4.78, 5) is 5.16. The van der Waals surface area contributed by atoms with Crippen LogP contribution in [0.1, 0.15) is 53.9 Å². The van der Waals surface area contributed by atoms with Gasteiger partial charge in [-0.2, -0.15) is 5.26 Å². The summed E-state index contributed by atoms with van der Waals surface area (Å²) >= 11 is 0. The van der Waals surface area contributed by atoms with Crippen molar-refractivity contribution in [3.05, 3.63) is 0 Å². The lowest BCUT2D eigenvalue weighted by atomic mass is 9.88. The Kier molecular flexibility index (Phi) is 4.47. The van der Waals surface area contributed by atoms with Gasteiger partial charge in [-0.25, -0.2) is 0 Å². The second-order valence-electron chi connectivity index (χ2n) is 8.35. The Balaban J connectivity index is 1.89. The lowest BCUT2D eigenvalue weighted by Gasteiger charge is -2.38. The van der Waals surface area contributed by atoms with Crippen LogP contribution in [-0.2, 0) is 0 Å². The van der Waals surface area contributed by atoms with Gasteiger partial charge in [-0.05, 0) is 66.3 Å². The van der Waals surface area contributed by atoms with Crippen LogP contribution in [0.15, 0.2) is 0 Å². The fraction of sp³-hybridized carbons (Fsp3) is 0.941. The molecule has 2 saturated heterocycles. The van der Waals surface area contributed by atoms with Crippen LogP contribution in [-0.4, -0.2) is 47.1 Å². The van der Waals surface area contributed by atoms with Gasteiger partial charge in [0.2, 0.25) is 0 Å². The molecule has 114 valence electrons.